The number of benzene rings is 3. The van der Waals surface area contributed by atoms with Gasteiger partial charge in [0, 0.05) is 35.3 Å². The van der Waals surface area contributed by atoms with E-state index in [9.17, 15) is 4.79 Å². The second kappa shape index (κ2) is 10.4. The highest BCUT2D eigenvalue weighted by Crippen LogP contribution is 2.35. The highest BCUT2D eigenvalue weighted by Gasteiger charge is 2.32. The maximum atomic E-state index is 13.3. The van der Waals surface area contributed by atoms with E-state index in [4.69, 9.17) is 23.8 Å². The van der Waals surface area contributed by atoms with Crippen molar-refractivity contribution >= 4 is 62.8 Å². The van der Waals surface area contributed by atoms with Gasteiger partial charge in [0.15, 0.2) is 0 Å². The van der Waals surface area contributed by atoms with Crippen molar-refractivity contribution in [3.05, 3.63) is 111 Å². The van der Waals surface area contributed by atoms with Crippen LogP contribution in [0.5, 0.6) is 0 Å². The largest absolute Gasteiger partial charge is 0.342 e. The maximum Gasteiger partial charge on any atom is 0.266 e. The zero-order chi connectivity index (χ0) is 24.4. The summed E-state index contributed by atoms with van der Waals surface area (Å²) in [6.07, 6.45) is 5.86. The van der Waals surface area contributed by atoms with Gasteiger partial charge in [-0.15, -0.1) is 0 Å². The van der Waals surface area contributed by atoms with Crippen LogP contribution in [0, 0.1) is 0 Å². The molecule has 35 heavy (non-hydrogen) atoms. The van der Waals surface area contributed by atoms with Crippen LogP contribution in [0.2, 0.25) is 5.02 Å². The molecule has 3 nitrogen and oxygen atoms in total. The van der Waals surface area contributed by atoms with Crippen molar-refractivity contribution in [1.82, 2.24) is 9.47 Å². The average molecular weight is 517 g/mol. The maximum absolute atomic E-state index is 13.3. The molecule has 176 valence electrons. The van der Waals surface area contributed by atoms with Crippen molar-refractivity contribution in [2.75, 3.05) is 6.54 Å². The lowest BCUT2D eigenvalue weighted by molar-refractivity contribution is -0.122. The summed E-state index contributed by atoms with van der Waals surface area (Å²) in [4.78, 5) is 15.7. The number of carbonyl (C=O) groups is 1. The van der Waals surface area contributed by atoms with Crippen molar-refractivity contribution < 1.29 is 4.79 Å². The number of rotatable bonds is 7. The molecule has 3 aromatic carbocycles. The van der Waals surface area contributed by atoms with E-state index in [-0.39, 0.29) is 5.91 Å². The highest BCUT2D eigenvalue weighted by molar-refractivity contribution is 8.26. The molecular formula is C29H25ClN2OS2. The summed E-state index contributed by atoms with van der Waals surface area (Å²) in [6, 6.07) is 24.5. The Morgan fingerprint density at radius 3 is 2.49 bits per heavy atom. The minimum Gasteiger partial charge on any atom is -0.342 e. The van der Waals surface area contributed by atoms with Gasteiger partial charge in [0.1, 0.15) is 4.32 Å². The van der Waals surface area contributed by atoms with E-state index in [2.05, 4.69) is 60.2 Å². The molecule has 2 heterocycles. The first-order chi connectivity index (χ1) is 17.0. The molecule has 5 rings (SSSR count). The molecule has 0 N–H and O–H groups in total. The fourth-order valence-electron chi connectivity index (χ4n) is 4.50. The van der Waals surface area contributed by atoms with Gasteiger partial charge >= 0.3 is 0 Å². The molecule has 1 amide bonds. The van der Waals surface area contributed by atoms with Crippen molar-refractivity contribution in [3.63, 3.8) is 0 Å². The fraction of sp³-hybridized carbons (Fsp3) is 0.172. The summed E-state index contributed by atoms with van der Waals surface area (Å²) in [5, 5.41) is 1.88. The number of fused-ring (bicyclic) bond motifs is 1. The van der Waals surface area contributed by atoms with Crippen LogP contribution >= 0.6 is 35.6 Å². The summed E-state index contributed by atoms with van der Waals surface area (Å²) in [5.74, 6) is -0.0128. The van der Waals surface area contributed by atoms with Crippen molar-refractivity contribution in [3.8, 4) is 0 Å². The van der Waals surface area contributed by atoms with E-state index in [1.807, 2.05) is 36.4 Å². The van der Waals surface area contributed by atoms with E-state index < -0.39 is 0 Å². The predicted octanol–water partition coefficient (Wildman–Crippen LogP) is 7.35. The van der Waals surface area contributed by atoms with Gasteiger partial charge in [0.25, 0.3) is 5.91 Å². The predicted molar refractivity (Wildman–Crippen MR) is 152 cm³/mol. The van der Waals surface area contributed by atoms with Crippen LogP contribution in [0.1, 0.15) is 29.2 Å². The van der Waals surface area contributed by atoms with E-state index in [0.29, 0.717) is 15.8 Å². The first-order valence-electron chi connectivity index (χ1n) is 11.7. The second-order valence-electron chi connectivity index (χ2n) is 8.57. The van der Waals surface area contributed by atoms with Crippen LogP contribution in [-0.2, 0) is 24.2 Å². The number of aryl methyl sites for hydroxylation is 1. The standard InChI is InChI=1S/C29H25ClN2OS2/c1-2-22-9-6-10-25-23(19-31(27(22)25)18-21-11-13-24(30)14-12-21)17-26-28(33)32(29(34)35-26)16-15-20-7-4-3-5-8-20/h3-14,17,19H,2,15-16,18H2,1H3/b26-17-. The lowest BCUT2D eigenvalue weighted by Crippen LogP contribution is -2.30. The average Bonchev–Trinajstić information content (AvgIpc) is 3.35. The summed E-state index contributed by atoms with van der Waals surface area (Å²) < 4.78 is 2.90. The second-order valence-corrected chi connectivity index (χ2v) is 10.7. The quantitative estimate of drug-likeness (QED) is 0.190. The highest BCUT2D eigenvalue weighted by atomic mass is 35.5. The zero-order valence-corrected chi connectivity index (χ0v) is 21.8. The molecule has 6 heteroatoms. The third-order valence-corrected chi connectivity index (χ3v) is 7.92. The van der Waals surface area contributed by atoms with Crippen molar-refractivity contribution in [1.29, 1.82) is 0 Å². The molecule has 1 aromatic heterocycles. The summed E-state index contributed by atoms with van der Waals surface area (Å²) in [5.41, 5.74) is 5.90. The Hall–Kier alpha value is -2.86. The molecule has 1 saturated heterocycles. The summed E-state index contributed by atoms with van der Waals surface area (Å²) >= 11 is 13.1. The number of para-hydroxylation sites is 1. The third kappa shape index (κ3) is 5.08. The number of carbonyl (C=O) groups excluding carboxylic acids is 1. The minimum atomic E-state index is -0.0128. The van der Waals surface area contributed by atoms with Gasteiger partial charge in [-0.3, -0.25) is 9.69 Å². The van der Waals surface area contributed by atoms with Crippen LogP contribution in [0.15, 0.2) is 83.9 Å². The third-order valence-electron chi connectivity index (χ3n) is 6.29. The Morgan fingerprint density at radius 1 is 0.971 bits per heavy atom. The van der Waals surface area contributed by atoms with Crippen LogP contribution in [0.25, 0.3) is 17.0 Å². The van der Waals surface area contributed by atoms with E-state index in [0.717, 1.165) is 35.4 Å². The molecule has 1 aliphatic rings. The Balaban J connectivity index is 1.46. The van der Waals surface area contributed by atoms with Gasteiger partial charge in [-0.1, -0.05) is 103 Å². The van der Waals surface area contributed by atoms with E-state index in [1.54, 1.807) is 4.90 Å². The van der Waals surface area contributed by atoms with Gasteiger partial charge in [-0.25, -0.2) is 0 Å². The number of hydrogen-bond donors (Lipinski definition) is 0. The molecule has 0 spiro atoms. The number of aromatic nitrogens is 1. The minimum absolute atomic E-state index is 0.0128. The number of amides is 1. The Bertz CT molecular complexity index is 1420. The zero-order valence-electron chi connectivity index (χ0n) is 19.4. The molecule has 0 saturated carbocycles. The lowest BCUT2D eigenvalue weighted by atomic mass is 10.1. The SMILES string of the molecule is CCc1cccc2c(/C=C3\SC(=S)N(CCc4ccccc4)C3=O)cn(Cc3ccc(Cl)cc3)c12. The Morgan fingerprint density at radius 2 is 1.74 bits per heavy atom. The molecule has 0 aliphatic carbocycles. The number of hydrogen-bond acceptors (Lipinski definition) is 3. The molecule has 0 radical (unpaired) electrons. The fourth-order valence-corrected chi connectivity index (χ4v) is 5.92. The van der Waals surface area contributed by atoms with Crippen molar-refractivity contribution in [2.24, 2.45) is 0 Å². The van der Waals surface area contributed by atoms with Gasteiger partial charge in [-0.05, 0) is 47.7 Å². The number of thiocarbonyl (C=S) groups is 1. The Kier molecular flexibility index (Phi) is 7.09. The molecular weight excluding hydrogens is 492 g/mol. The molecule has 0 atom stereocenters. The lowest BCUT2D eigenvalue weighted by Gasteiger charge is -2.14. The molecule has 1 aliphatic heterocycles. The Labute approximate surface area is 220 Å². The molecule has 0 unspecified atom stereocenters. The number of nitrogens with zero attached hydrogens (tertiary/aromatic N) is 2. The van der Waals surface area contributed by atoms with Crippen LogP contribution in [0.4, 0.5) is 0 Å². The monoisotopic (exact) mass is 516 g/mol. The van der Waals surface area contributed by atoms with Crippen molar-refractivity contribution in [2.45, 2.75) is 26.3 Å². The molecule has 4 aromatic rings. The number of thioether (sulfide) groups is 1. The first kappa shape index (κ1) is 23.9. The van der Waals surface area contributed by atoms with E-state index >= 15 is 0 Å². The van der Waals surface area contributed by atoms with Gasteiger partial charge in [0.05, 0.1) is 10.4 Å². The number of halogens is 1. The normalized spacial score (nSPS) is 15.0. The smallest absolute Gasteiger partial charge is 0.266 e. The van der Waals surface area contributed by atoms with E-state index in [1.165, 1.54) is 34.0 Å². The summed E-state index contributed by atoms with van der Waals surface area (Å²) in [6.45, 7) is 3.49. The first-order valence-corrected chi connectivity index (χ1v) is 13.3. The molecule has 1 fully saturated rings. The van der Waals surface area contributed by atoms with Gasteiger partial charge < -0.3 is 4.57 Å². The van der Waals surface area contributed by atoms with Gasteiger partial charge in [0.2, 0.25) is 0 Å². The van der Waals surface area contributed by atoms with Gasteiger partial charge in [-0.2, -0.15) is 0 Å². The summed E-state index contributed by atoms with van der Waals surface area (Å²) in [7, 11) is 0. The van der Waals surface area contributed by atoms with Crippen LogP contribution in [0.3, 0.4) is 0 Å². The van der Waals surface area contributed by atoms with Crippen LogP contribution < -0.4 is 0 Å². The topological polar surface area (TPSA) is 25.2 Å². The van der Waals surface area contributed by atoms with Crippen LogP contribution in [-0.4, -0.2) is 26.2 Å². The molecule has 0 bridgehead atoms.